The monoisotopic (exact) mass is 409 g/mol. The molecule has 0 aromatic rings. The minimum atomic E-state index is -1.14. The third-order valence-electron chi connectivity index (χ3n) is 6.22. The van der Waals surface area contributed by atoms with Crippen LogP contribution in [0.1, 0.15) is 26.7 Å². The van der Waals surface area contributed by atoms with Crippen LogP contribution in [0.5, 0.6) is 0 Å². The van der Waals surface area contributed by atoms with Crippen LogP contribution < -0.4 is 10.6 Å². The smallest absolute Gasteiger partial charge is 0.353 e. The predicted molar refractivity (Wildman–Crippen MR) is 98.7 cm³/mol. The van der Waals surface area contributed by atoms with Crippen molar-refractivity contribution in [2.75, 3.05) is 6.54 Å². The number of thioether (sulfide) groups is 1. The number of carboxylic acids is 1. The third kappa shape index (κ3) is 2.85. The Bertz CT molecular complexity index is 796. The van der Waals surface area contributed by atoms with Crippen LogP contribution >= 0.6 is 11.8 Å². The number of aliphatic carboxylic acids is 1. The van der Waals surface area contributed by atoms with Gasteiger partial charge in [-0.25, -0.2) is 4.79 Å². The van der Waals surface area contributed by atoms with E-state index in [1.54, 1.807) is 6.92 Å². The summed E-state index contributed by atoms with van der Waals surface area (Å²) in [5.74, 6) is -3.16. The van der Waals surface area contributed by atoms with Gasteiger partial charge in [-0.2, -0.15) is 0 Å². The molecule has 152 valence electrons. The van der Waals surface area contributed by atoms with Gasteiger partial charge in [-0.15, -0.1) is 11.8 Å². The summed E-state index contributed by atoms with van der Waals surface area (Å²) in [5, 5.41) is 25.2. The zero-order chi connectivity index (χ0) is 20.3. The average molecular weight is 409 g/mol. The number of carbonyl (C=O) groups excluding carboxylic acids is 3. The number of carbonyl (C=O) groups is 4. The molecule has 3 amide bonds. The summed E-state index contributed by atoms with van der Waals surface area (Å²) < 4.78 is 0. The summed E-state index contributed by atoms with van der Waals surface area (Å²) in [6, 6.07) is -0.456. The van der Waals surface area contributed by atoms with E-state index in [4.69, 9.17) is 0 Å². The molecule has 10 heteroatoms. The van der Waals surface area contributed by atoms with Gasteiger partial charge in [-0.3, -0.25) is 19.7 Å². The fraction of sp³-hybridized carbons (Fsp3) is 0.667. The maximum Gasteiger partial charge on any atom is 0.353 e. The SMILES string of the molecule is C[C@@H](O)[C@H]1C(=O)N2C(C(=O)O)=C(S[C@@H]3CN[C@H](C4CC(=O)NC4=O)C3)[C@H](C)[C@H]12. The number of rotatable bonds is 5. The van der Waals surface area contributed by atoms with E-state index < -0.39 is 23.9 Å². The van der Waals surface area contributed by atoms with Crippen LogP contribution in [0.15, 0.2) is 10.6 Å². The Morgan fingerprint density at radius 2 is 2.04 bits per heavy atom. The molecule has 3 saturated heterocycles. The predicted octanol–water partition coefficient (Wildman–Crippen LogP) is -0.733. The molecule has 0 aromatic carbocycles. The molecule has 0 spiro atoms. The number of aliphatic hydroxyl groups is 1. The van der Waals surface area contributed by atoms with Crippen molar-refractivity contribution in [3.63, 3.8) is 0 Å². The van der Waals surface area contributed by atoms with Crippen molar-refractivity contribution >= 4 is 35.5 Å². The molecular weight excluding hydrogens is 386 g/mol. The number of hydrogen-bond donors (Lipinski definition) is 4. The molecule has 4 aliphatic rings. The topological polar surface area (TPSA) is 136 Å². The fourth-order valence-corrected chi connectivity index (χ4v) is 6.38. The van der Waals surface area contributed by atoms with Gasteiger partial charge in [0, 0.05) is 35.1 Å². The fourth-order valence-electron chi connectivity index (χ4n) is 4.89. The van der Waals surface area contributed by atoms with Crippen LogP contribution in [0, 0.1) is 17.8 Å². The standard InChI is InChI=1S/C18H23N3O6S/c1-6-13-12(7(2)22)17(25)21(13)14(18(26)27)15(6)28-8-3-10(19-5-8)9-4-11(23)20-16(9)24/h6-10,12-13,19,22H,3-5H2,1-2H3,(H,26,27)(H,20,23,24)/t6-,7-,8+,9?,10+,12-,13-/m1/s1. The second-order valence-electron chi connectivity index (χ2n) is 7.99. The van der Waals surface area contributed by atoms with E-state index in [0.717, 1.165) is 0 Å². The van der Waals surface area contributed by atoms with Crippen LogP contribution in [0.25, 0.3) is 0 Å². The van der Waals surface area contributed by atoms with E-state index in [2.05, 4.69) is 10.6 Å². The molecule has 9 nitrogen and oxygen atoms in total. The van der Waals surface area contributed by atoms with Gasteiger partial charge in [0.2, 0.25) is 17.7 Å². The van der Waals surface area contributed by atoms with Crippen molar-refractivity contribution in [2.24, 2.45) is 17.8 Å². The van der Waals surface area contributed by atoms with Crippen LogP contribution in [0.4, 0.5) is 0 Å². The van der Waals surface area contributed by atoms with Gasteiger partial charge in [0.25, 0.3) is 0 Å². The van der Waals surface area contributed by atoms with E-state index in [-0.39, 0.29) is 53.1 Å². The van der Waals surface area contributed by atoms with E-state index in [1.165, 1.54) is 16.7 Å². The summed E-state index contributed by atoms with van der Waals surface area (Å²) >= 11 is 1.43. The van der Waals surface area contributed by atoms with Gasteiger partial charge >= 0.3 is 5.97 Å². The van der Waals surface area contributed by atoms with Crippen molar-refractivity contribution < 1.29 is 29.4 Å². The molecule has 1 unspecified atom stereocenters. The average Bonchev–Trinajstić information content (AvgIpc) is 3.25. The lowest BCUT2D eigenvalue weighted by atomic mass is 9.79. The molecule has 4 N–H and O–H groups in total. The highest BCUT2D eigenvalue weighted by molar-refractivity contribution is 8.03. The molecule has 0 aliphatic carbocycles. The highest BCUT2D eigenvalue weighted by Gasteiger charge is 2.60. The molecule has 4 heterocycles. The van der Waals surface area contributed by atoms with Gasteiger partial charge in [0.15, 0.2) is 0 Å². The number of amides is 3. The summed E-state index contributed by atoms with van der Waals surface area (Å²) in [5.41, 5.74) is 0.0154. The molecule has 28 heavy (non-hydrogen) atoms. The van der Waals surface area contributed by atoms with E-state index >= 15 is 0 Å². The number of hydrogen-bond acceptors (Lipinski definition) is 7. The number of β-lactam (4-membered cyclic amide) rings is 1. The first kappa shape index (κ1) is 19.4. The number of nitrogens with one attached hydrogen (secondary N) is 2. The molecule has 7 atom stereocenters. The van der Waals surface area contributed by atoms with Gasteiger partial charge in [-0.1, -0.05) is 6.92 Å². The molecular formula is C18H23N3O6S. The Morgan fingerprint density at radius 1 is 1.32 bits per heavy atom. The van der Waals surface area contributed by atoms with Crippen LogP contribution in [0.3, 0.4) is 0 Å². The molecule has 0 bridgehead atoms. The lowest BCUT2D eigenvalue weighted by Gasteiger charge is -2.46. The highest BCUT2D eigenvalue weighted by atomic mass is 32.2. The number of imide groups is 1. The first-order valence-electron chi connectivity index (χ1n) is 9.43. The first-order valence-corrected chi connectivity index (χ1v) is 10.3. The van der Waals surface area contributed by atoms with E-state index in [9.17, 15) is 29.4 Å². The number of fused-ring (bicyclic) bond motifs is 1. The summed E-state index contributed by atoms with van der Waals surface area (Å²) in [6.45, 7) is 4.03. The highest BCUT2D eigenvalue weighted by Crippen LogP contribution is 2.52. The second kappa shape index (κ2) is 6.85. The van der Waals surface area contributed by atoms with Gasteiger partial charge < -0.3 is 20.4 Å². The second-order valence-corrected chi connectivity index (χ2v) is 9.33. The molecule has 0 radical (unpaired) electrons. The number of nitrogens with zero attached hydrogens (tertiary/aromatic N) is 1. The summed E-state index contributed by atoms with van der Waals surface area (Å²) in [4.78, 5) is 49.6. The normalized spacial score (nSPS) is 38.5. The minimum absolute atomic E-state index is 0.0154. The Morgan fingerprint density at radius 3 is 2.61 bits per heavy atom. The van der Waals surface area contributed by atoms with Gasteiger partial charge in [0.05, 0.1) is 24.0 Å². The molecule has 4 aliphatic heterocycles. The number of aliphatic hydroxyl groups excluding tert-OH is 1. The van der Waals surface area contributed by atoms with Crippen LogP contribution in [0.2, 0.25) is 0 Å². The summed E-state index contributed by atoms with van der Waals surface area (Å²) in [6.07, 6.45) is -0.0164. The third-order valence-corrected chi connectivity index (χ3v) is 7.73. The van der Waals surface area contributed by atoms with Crippen molar-refractivity contribution in [1.82, 2.24) is 15.5 Å². The molecule has 0 saturated carbocycles. The van der Waals surface area contributed by atoms with Crippen LogP contribution in [-0.4, -0.2) is 68.8 Å². The quantitative estimate of drug-likeness (QED) is 0.345. The zero-order valence-electron chi connectivity index (χ0n) is 15.5. The minimum Gasteiger partial charge on any atom is -0.477 e. The molecule has 4 rings (SSSR count). The van der Waals surface area contributed by atoms with Crippen molar-refractivity contribution in [2.45, 2.75) is 50.1 Å². The zero-order valence-corrected chi connectivity index (χ0v) is 16.4. The Hall–Kier alpha value is -1.91. The maximum atomic E-state index is 12.4. The van der Waals surface area contributed by atoms with Crippen LogP contribution in [-0.2, 0) is 19.2 Å². The Kier molecular flexibility index (Phi) is 4.75. The molecule has 3 fully saturated rings. The van der Waals surface area contributed by atoms with E-state index in [0.29, 0.717) is 17.9 Å². The summed E-state index contributed by atoms with van der Waals surface area (Å²) in [7, 11) is 0. The van der Waals surface area contributed by atoms with Crippen molar-refractivity contribution in [3.8, 4) is 0 Å². The van der Waals surface area contributed by atoms with Gasteiger partial charge in [0.1, 0.15) is 5.70 Å². The lowest BCUT2D eigenvalue weighted by molar-refractivity contribution is -0.163. The van der Waals surface area contributed by atoms with Gasteiger partial charge in [-0.05, 0) is 13.3 Å². The maximum absolute atomic E-state index is 12.4. The largest absolute Gasteiger partial charge is 0.477 e. The lowest BCUT2D eigenvalue weighted by Crippen LogP contribution is -2.63. The van der Waals surface area contributed by atoms with Crippen molar-refractivity contribution in [1.29, 1.82) is 0 Å². The van der Waals surface area contributed by atoms with E-state index in [1.807, 2.05) is 6.92 Å². The Balaban J connectivity index is 1.50. The molecule has 0 aromatic heterocycles. The first-order chi connectivity index (χ1) is 13.2. The van der Waals surface area contributed by atoms with Crippen molar-refractivity contribution in [3.05, 3.63) is 10.6 Å². The number of carboxylic acid groups (broad SMARTS) is 1. The Labute approximate surface area is 165 Å².